The Labute approximate surface area is 105 Å². The van der Waals surface area contributed by atoms with Gasteiger partial charge in [-0.15, -0.1) is 5.10 Å². The maximum absolute atomic E-state index is 5.56. The second kappa shape index (κ2) is 4.73. The summed E-state index contributed by atoms with van der Waals surface area (Å²) in [5.41, 5.74) is 1.97. The van der Waals surface area contributed by atoms with E-state index in [4.69, 9.17) is 4.74 Å². The van der Waals surface area contributed by atoms with Crippen LogP contribution in [0.15, 0.2) is 30.6 Å². The van der Waals surface area contributed by atoms with Crippen molar-refractivity contribution in [3.8, 4) is 5.69 Å². The van der Waals surface area contributed by atoms with Gasteiger partial charge in [0.1, 0.15) is 6.33 Å². The third kappa shape index (κ3) is 2.06. The fourth-order valence-electron chi connectivity index (χ4n) is 2.19. The highest BCUT2D eigenvalue weighted by atomic mass is 16.5. The van der Waals surface area contributed by atoms with Crippen LogP contribution in [0.25, 0.3) is 5.69 Å². The number of tetrazole rings is 1. The molecule has 1 saturated heterocycles. The van der Waals surface area contributed by atoms with Crippen molar-refractivity contribution < 1.29 is 4.74 Å². The monoisotopic (exact) mass is 245 g/mol. The number of benzene rings is 1. The van der Waals surface area contributed by atoms with Crippen LogP contribution < -0.4 is 5.32 Å². The largest absolute Gasteiger partial charge is 0.378 e. The van der Waals surface area contributed by atoms with Crippen LogP contribution in [-0.2, 0) is 4.74 Å². The van der Waals surface area contributed by atoms with E-state index in [0.29, 0.717) is 6.04 Å². The lowest BCUT2D eigenvalue weighted by molar-refractivity contribution is 0.121. The predicted octanol–water partition coefficient (Wildman–Crippen LogP) is 1.25. The van der Waals surface area contributed by atoms with Crippen LogP contribution >= 0.6 is 0 Å². The molecule has 1 N–H and O–H groups in total. The van der Waals surface area contributed by atoms with E-state index < -0.39 is 0 Å². The van der Waals surface area contributed by atoms with Gasteiger partial charge in [0.05, 0.1) is 23.5 Å². The molecule has 1 aromatic heterocycles. The van der Waals surface area contributed by atoms with Crippen molar-refractivity contribution in [2.24, 2.45) is 0 Å². The molecular weight excluding hydrogens is 230 g/mol. The molecule has 0 aliphatic carbocycles. The predicted molar refractivity (Wildman–Crippen MR) is 66.6 cm³/mol. The van der Waals surface area contributed by atoms with Crippen LogP contribution in [0.2, 0.25) is 0 Å². The van der Waals surface area contributed by atoms with Crippen LogP contribution in [0, 0.1) is 0 Å². The van der Waals surface area contributed by atoms with Gasteiger partial charge in [0.25, 0.3) is 0 Å². The first-order valence-electron chi connectivity index (χ1n) is 6.05. The number of anilines is 1. The molecule has 94 valence electrons. The zero-order valence-electron chi connectivity index (χ0n) is 10.2. The van der Waals surface area contributed by atoms with Gasteiger partial charge < -0.3 is 10.1 Å². The number of hydrogen-bond acceptors (Lipinski definition) is 5. The first kappa shape index (κ1) is 11.2. The average molecular weight is 245 g/mol. The van der Waals surface area contributed by atoms with Crippen molar-refractivity contribution in [1.29, 1.82) is 0 Å². The Morgan fingerprint density at radius 3 is 3.00 bits per heavy atom. The van der Waals surface area contributed by atoms with E-state index in [0.717, 1.165) is 24.4 Å². The summed E-state index contributed by atoms with van der Waals surface area (Å²) in [6, 6.07) is 8.32. The number of hydrogen-bond donors (Lipinski definition) is 1. The first-order chi connectivity index (χ1) is 8.84. The van der Waals surface area contributed by atoms with Gasteiger partial charge in [-0.1, -0.05) is 12.1 Å². The second-order valence-electron chi connectivity index (χ2n) is 4.39. The van der Waals surface area contributed by atoms with Gasteiger partial charge in [-0.3, -0.25) is 0 Å². The number of aromatic nitrogens is 4. The molecule has 1 aliphatic heterocycles. The van der Waals surface area contributed by atoms with Crippen LogP contribution in [0.1, 0.15) is 13.3 Å². The number of ether oxygens (including phenoxy) is 1. The lowest BCUT2D eigenvalue weighted by atomic mass is 10.1. The van der Waals surface area contributed by atoms with E-state index in [1.165, 1.54) is 0 Å². The summed E-state index contributed by atoms with van der Waals surface area (Å²) in [4.78, 5) is 0. The first-order valence-corrected chi connectivity index (χ1v) is 6.05. The summed E-state index contributed by atoms with van der Waals surface area (Å²) in [6.07, 6.45) is 2.84. The topological polar surface area (TPSA) is 64.9 Å². The maximum Gasteiger partial charge on any atom is 0.143 e. The standard InChI is InChI=1S/C12H15N5O/c1-9-10(6-7-18-9)14-11-4-2-3-5-12(11)17-8-13-15-16-17/h2-5,8-10,14H,6-7H2,1H3. The molecule has 1 aliphatic rings. The van der Waals surface area contributed by atoms with Crippen molar-refractivity contribution in [3.63, 3.8) is 0 Å². The molecule has 6 nitrogen and oxygen atoms in total. The van der Waals surface area contributed by atoms with E-state index in [9.17, 15) is 0 Å². The smallest absolute Gasteiger partial charge is 0.143 e. The average Bonchev–Trinajstić information content (AvgIpc) is 3.03. The van der Waals surface area contributed by atoms with Crippen LogP contribution in [0.5, 0.6) is 0 Å². The van der Waals surface area contributed by atoms with E-state index in [2.05, 4.69) is 27.8 Å². The molecule has 0 spiro atoms. The highest BCUT2D eigenvalue weighted by Gasteiger charge is 2.24. The third-order valence-electron chi connectivity index (χ3n) is 3.22. The summed E-state index contributed by atoms with van der Waals surface area (Å²) >= 11 is 0. The summed E-state index contributed by atoms with van der Waals surface area (Å²) in [5.74, 6) is 0. The van der Waals surface area contributed by atoms with Crippen molar-refractivity contribution in [3.05, 3.63) is 30.6 Å². The minimum atomic E-state index is 0.229. The summed E-state index contributed by atoms with van der Waals surface area (Å²) in [6.45, 7) is 2.90. The molecular formula is C12H15N5O. The van der Waals surface area contributed by atoms with Gasteiger partial charge in [0.2, 0.25) is 0 Å². The van der Waals surface area contributed by atoms with Crippen LogP contribution in [0.4, 0.5) is 5.69 Å². The highest BCUT2D eigenvalue weighted by molar-refractivity contribution is 5.61. The van der Waals surface area contributed by atoms with Crippen molar-refractivity contribution in [1.82, 2.24) is 20.2 Å². The lowest BCUT2D eigenvalue weighted by Gasteiger charge is -2.19. The van der Waals surface area contributed by atoms with E-state index in [-0.39, 0.29) is 6.10 Å². The molecule has 0 saturated carbocycles. The van der Waals surface area contributed by atoms with Crippen LogP contribution in [-0.4, -0.2) is 39.0 Å². The lowest BCUT2D eigenvalue weighted by Crippen LogP contribution is -2.27. The quantitative estimate of drug-likeness (QED) is 0.881. The summed E-state index contributed by atoms with van der Waals surface area (Å²) in [7, 11) is 0. The fourth-order valence-corrected chi connectivity index (χ4v) is 2.19. The van der Waals surface area contributed by atoms with Gasteiger partial charge >= 0.3 is 0 Å². The van der Waals surface area contributed by atoms with Crippen molar-refractivity contribution in [2.45, 2.75) is 25.5 Å². The number of nitrogens with zero attached hydrogens (tertiary/aromatic N) is 4. The van der Waals surface area contributed by atoms with E-state index >= 15 is 0 Å². The molecule has 18 heavy (non-hydrogen) atoms. The zero-order valence-corrected chi connectivity index (χ0v) is 10.2. The number of para-hydroxylation sites is 2. The molecule has 0 bridgehead atoms. The molecule has 2 heterocycles. The maximum atomic E-state index is 5.56. The molecule has 1 aromatic carbocycles. The normalized spacial score (nSPS) is 23.2. The minimum Gasteiger partial charge on any atom is -0.378 e. The minimum absolute atomic E-state index is 0.229. The van der Waals surface area contributed by atoms with Gasteiger partial charge in [0, 0.05) is 6.61 Å². The Bertz CT molecular complexity index is 513. The van der Waals surface area contributed by atoms with E-state index in [1.807, 2.05) is 24.3 Å². The van der Waals surface area contributed by atoms with Gasteiger partial charge in [-0.05, 0) is 35.9 Å². The SMILES string of the molecule is CC1OCCC1Nc1ccccc1-n1cnnn1. The Morgan fingerprint density at radius 2 is 2.28 bits per heavy atom. The Hall–Kier alpha value is -1.95. The second-order valence-corrected chi connectivity index (χ2v) is 4.39. The summed E-state index contributed by atoms with van der Waals surface area (Å²) < 4.78 is 7.21. The van der Waals surface area contributed by atoms with Gasteiger partial charge in [-0.25, -0.2) is 0 Å². The van der Waals surface area contributed by atoms with Crippen LogP contribution in [0.3, 0.4) is 0 Å². The van der Waals surface area contributed by atoms with Crippen molar-refractivity contribution >= 4 is 5.69 Å². The number of nitrogens with one attached hydrogen (secondary N) is 1. The Balaban J connectivity index is 1.88. The van der Waals surface area contributed by atoms with Gasteiger partial charge in [-0.2, -0.15) is 4.68 Å². The Morgan fingerprint density at radius 1 is 1.39 bits per heavy atom. The third-order valence-corrected chi connectivity index (χ3v) is 3.22. The molecule has 2 aromatic rings. The molecule has 0 amide bonds. The molecule has 1 fully saturated rings. The number of rotatable bonds is 3. The highest BCUT2D eigenvalue weighted by Crippen LogP contribution is 2.23. The summed E-state index contributed by atoms with van der Waals surface area (Å²) in [5, 5.41) is 14.8. The molecule has 0 radical (unpaired) electrons. The fraction of sp³-hybridized carbons (Fsp3) is 0.417. The molecule has 6 heteroatoms. The zero-order chi connectivity index (χ0) is 12.4. The van der Waals surface area contributed by atoms with Gasteiger partial charge in [0.15, 0.2) is 0 Å². The molecule has 2 unspecified atom stereocenters. The van der Waals surface area contributed by atoms with E-state index in [1.54, 1.807) is 11.0 Å². The Kier molecular flexibility index (Phi) is 2.93. The van der Waals surface area contributed by atoms with Crippen molar-refractivity contribution in [2.75, 3.05) is 11.9 Å². The molecule has 3 rings (SSSR count). The molecule has 2 atom stereocenters.